The highest BCUT2D eigenvalue weighted by molar-refractivity contribution is 5.92. The fourth-order valence-corrected chi connectivity index (χ4v) is 2.07. The summed E-state index contributed by atoms with van der Waals surface area (Å²) in [6, 6.07) is 3.81. The fraction of sp³-hybridized carbons (Fsp3) is 0.455. The number of pyridine rings is 1. The maximum atomic E-state index is 11.2. The average molecular weight is 278 g/mol. The fourth-order valence-electron chi connectivity index (χ4n) is 2.07. The molecule has 1 aliphatic rings. The van der Waals surface area contributed by atoms with Crippen LogP contribution < -0.4 is 11.1 Å². The van der Waals surface area contributed by atoms with Crippen LogP contribution in [0.25, 0.3) is 0 Å². The van der Waals surface area contributed by atoms with Crippen LogP contribution in [0, 0.1) is 0 Å². The summed E-state index contributed by atoms with van der Waals surface area (Å²) in [4.78, 5) is 15.3. The molecular weight excluding hydrogens is 261 g/mol. The minimum atomic E-state index is -0.434. The Morgan fingerprint density at radius 2 is 2.24 bits per heavy atom. The number of piperidine rings is 1. The summed E-state index contributed by atoms with van der Waals surface area (Å²) in [6.45, 7) is 1.97. The Bertz CT molecular complexity index is 367. The topological polar surface area (TPSA) is 68.0 Å². The molecule has 2 rings (SSSR count). The van der Waals surface area contributed by atoms with Crippen molar-refractivity contribution in [3.8, 4) is 0 Å². The Labute approximate surface area is 113 Å². The van der Waals surface area contributed by atoms with E-state index >= 15 is 0 Å². The molecule has 1 fully saturated rings. The zero-order valence-electron chi connectivity index (χ0n) is 9.39. The number of rotatable bonds is 2. The van der Waals surface area contributed by atoms with Crippen LogP contribution >= 0.6 is 24.8 Å². The minimum Gasteiger partial charge on any atom is -0.364 e. The number of hydrogen-bond acceptors (Lipinski definition) is 3. The van der Waals surface area contributed by atoms with E-state index in [-0.39, 0.29) is 24.8 Å². The van der Waals surface area contributed by atoms with E-state index in [9.17, 15) is 4.79 Å². The average Bonchev–Trinajstić information content (AvgIpc) is 2.30. The van der Waals surface area contributed by atoms with E-state index < -0.39 is 5.91 Å². The number of nitrogens with zero attached hydrogens (tertiary/aromatic N) is 1. The molecular formula is C11H17Cl2N3O. The highest BCUT2D eigenvalue weighted by Gasteiger charge is 2.20. The third kappa shape index (κ3) is 3.84. The molecule has 0 spiro atoms. The lowest BCUT2D eigenvalue weighted by Crippen LogP contribution is -2.30. The van der Waals surface area contributed by atoms with Crippen LogP contribution in [0.5, 0.6) is 0 Å². The van der Waals surface area contributed by atoms with Crippen molar-refractivity contribution in [3.63, 3.8) is 0 Å². The van der Waals surface area contributed by atoms with E-state index in [1.165, 1.54) is 0 Å². The van der Waals surface area contributed by atoms with Crippen molar-refractivity contribution in [2.45, 2.75) is 18.8 Å². The molecule has 1 saturated heterocycles. The molecule has 1 amide bonds. The smallest absolute Gasteiger partial charge is 0.267 e. The number of halogens is 2. The van der Waals surface area contributed by atoms with Crippen molar-refractivity contribution < 1.29 is 4.79 Å². The first-order valence-electron chi connectivity index (χ1n) is 5.24. The van der Waals surface area contributed by atoms with Crippen LogP contribution in [0.15, 0.2) is 18.3 Å². The van der Waals surface area contributed by atoms with Gasteiger partial charge in [-0.25, -0.2) is 0 Å². The molecule has 1 atom stereocenters. The van der Waals surface area contributed by atoms with Gasteiger partial charge in [-0.2, -0.15) is 0 Å². The second kappa shape index (κ2) is 7.48. The predicted octanol–water partition coefficient (Wildman–Crippen LogP) is 1.49. The molecule has 3 N–H and O–H groups in total. The number of nitrogens with one attached hydrogen (secondary N) is 1. The summed E-state index contributed by atoms with van der Waals surface area (Å²) in [5.41, 5.74) is 6.71. The van der Waals surface area contributed by atoms with Crippen molar-refractivity contribution >= 4 is 30.7 Å². The zero-order valence-corrected chi connectivity index (χ0v) is 11.0. The van der Waals surface area contributed by atoms with Gasteiger partial charge in [0, 0.05) is 12.7 Å². The maximum Gasteiger partial charge on any atom is 0.267 e. The first-order chi connectivity index (χ1) is 7.29. The minimum absolute atomic E-state index is 0. The van der Waals surface area contributed by atoms with Gasteiger partial charge in [-0.15, -0.1) is 24.8 Å². The highest BCUT2D eigenvalue weighted by atomic mass is 35.5. The molecule has 6 heteroatoms. The van der Waals surface area contributed by atoms with Crippen LogP contribution in [0.4, 0.5) is 0 Å². The molecule has 2 heterocycles. The van der Waals surface area contributed by atoms with E-state index in [4.69, 9.17) is 5.73 Å². The van der Waals surface area contributed by atoms with Gasteiger partial charge in [-0.3, -0.25) is 9.78 Å². The first-order valence-corrected chi connectivity index (χ1v) is 5.24. The van der Waals surface area contributed by atoms with E-state index in [0.29, 0.717) is 11.6 Å². The molecule has 17 heavy (non-hydrogen) atoms. The van der Waals surface area contributed by atoms with Gasteiger partial charge in [-0.1, -0.05) is 6.07 Å². The summed E-state index contributed by atoms with van der Waals surface area (Å²) >= 11 is 0. The Morgan fingerprint density at radius 3 is 2.82 bits per heavy atom. The quantitative estimate of drug-likeness (QED) is 0.861. The van der Waals surface area contributed by atoms with Gasteiger partial charge in [0.25, 0.3) is 5.91 Å². The first kappa shape index (κ1) is 16.2. The van der Waals surface area contributed by atoms with E-state index in [0.717, 1.165) is 31.5 Å². The normalized spacial score (nSPS) is 18.7. The second-order valence-electron chi connectivity index (χ2n) is 3.85. The van der Waals surface area contributed by atoms with Crippen molar-refractivity contribution in [2.75, 3.05) is 13.1 Å². The predicted molar refractivity (Wildman–Crippen MR) is 72.1 cm³/mol. The third-order valence-electron chi connectivity index (χ3n) is 2.81. The lowest BCUT2D eigenvalue weighted by atomic mass is 9.90. The molecule has 0 unspecified atom stereocenters. The summed E-state index contributed by atoms with van der Waals surface area (Å²) in [5, 5.41) is 3.32. The summed E-state index contributed by atoms with van der Waals surface area (Å²) in [7, 11) is 0. The van der Waals surface area contributed by atoms with Crippen molar-refractivity contribution in [3.05, 3.63) is 29.6 Å². The SMILES string of the molecule is Cl.Cl.NC(=O)c1ncccc1[C@@H]1CCCNC1. The second-order valence-corrected chi connectivity index (χ2v) is 3.85. The van der Waals surface area contributed by atoms with E-state index in [2.05, 4.69) is 10.3 Å². The number of carbonyl (C=O) groups is 1. The molecule has 96 valence electrons. The van der Waals surface area contributed by atoms with Crippen molar-refractivity contribution in [1.29, 1.82) is 0 Å². The Kier molecular flexibility index (Phi) is 7.11. The number of primary amides is 1. The summed E-state index contributed by atoms with van der Waals surface area (Å²) in [5.74, 6) is -0.0638. The zero-order chi connectivity index (χ0) is 10.7. The van der Waals surface area contributed by atoms with E-state index in [1.807, 2.05) is 12.1 Å². The van der Waals surface area contributed by atoms with Crippen LogP contribution in [-0.2, 0) is 0 Å². The molecule has 4 nitrogen and oxygen atoms in total. The van der Waals surface area contributed by atoms with Crippen molar-refractivity contribution in [2.24, 2.45) is 5.73 Å². The Balaban J connectivity index is 0.00000128. The van der Waals surface area contributed by atoms with Gasteiger partial charge < -0.3 is 11.1 Å². The number of hydrogen-bond donors (Lipinski definition) is 2. The molecule has 1 aliphatic heterocycles. The van der Waals surface area contributed by atoms with E-state index in [1.54, 1.807) is 6.20 Å². The number of carbonyl (C=O) groups excluding carboxylic acids is 1. The highest BCUT2D eigenvalue weighted by Crippen LogP contribution is 2.24. The molecule has 1 aromatic heterocycles. The molecule has 0 radical (unpaired) electrons. The molecule has 1 aromatic rings. The Hall–Kier alpha value is -0.840. The maximum absolute atomic E-state index is 11.2. The monoisotopic (exact) mass is 277 g/mol. The molecule has 0 aliphatic carbocycles. The van der Waals surface area contributed by atoms with Crippen LogP contribution in [0.3, 0.4) is 0 Å². The van der Waals surface area contributed by atoms with Crippen LogP contribution in [0.1, 0.15) is 34.8 Å². The lowest BCUT2D eigenvalue weighted by Gasteiger charge is -2.23. The molecule has 0 saturated carbocycles. The van der Waals surface area contributed by atoms with Gasteiger partial charge in [-0.05, 0) is 36.9 Å². The van der Waals surface area contributed by atoms with Crippen LogP contribution in [0.2, 0.25) is 0 Å². The van der Waals surface area contributed by atoms with Gasteiger partial charge >= 0.3 is 0 Å². The Morgan fingerprint density at radius 1 is 1.47 bits per heavy atom. The van der Waals surface area contributed by atoms with Crippen molar-refractivity contribution in [1.82, 2.24) is 10.3 Å². The number of aromatic nitrogens is 1. The molecule has 0 bridgehead atoms. The summed E-state index contributed by atoms with van der Waals surface area (Å²) in [6.07, 6.45) is 3.84. The molecule has 0 aromatic carbocycles. The van der Waals surface area contributed by atoms with Gasteiger partial charge in [0.1, 0.15) is 5.69 Å². The van der Waals surface area contributed by atoms with Gasteiger partial charge in [0.05, 0.1) is 0 Å². The largest absolute Gasteiger partial charge is 0.364 e. The summed E-state index contributed by atoms with van der Waals surface area (Å²) < 4.78 is 0. The third-order valence-corrected chi connectivity index (χ3v) is 2.81. The lowest BCUT2D eigenvalue weighted by molar-refractivity contribution is 0.0994. The standard InChI is InChI=1S/C11H15N3O.2ClH/c12-11(15)10-9(4-2-6-14-10)8-3-1-5-13-7-8;;/h2,4,6,8,13H,1,3,5,7H2,(H2,12,15);2*1H/t8-;;/m1../s1. The van der Waals surface area contributed by atoms with Gasteiger partial charge in [0.2, 0.25) is 0 Å². The number of amides is 1. The number of nitrogens with two attached hydrogens (primary N) is 1. The van der Waals surface area contributed by atoms with Gasteiger partial charge in [0.15, 0.2) is 0 Å². The van der Waals surface area contributed by atoms with Crippen LogP contribution in [-0.4, -0.2) is 24.0 Å².